The highest BCUT2D eigenvalue weighted by molar-refractivity contribution is 7.92. The predicted molar refractivity (Wildman–Crippen MR) is 157 cm³/mol. The molecule has 0 heterocycles. The molecule has 0 aliphatic rings. The topological polar surface area (TPSA) is 86.8 Å². The minimum atomic E-state index is -3.54. The fourth-order valence-electron chi connectivity index (χ4n) is 4.36. The molecular formula is C30H36ClN3O4S. The first kappa shape index (κ1) is 30.2. The fraction of sp³-hybridized carbons (Fsp3) is 0.333. The summed E-state index contributed by atoms with van der Waals surface area (Å²) in [6.45, 7) is 4.09. The molecule has 0 aromatic heterocycles. The third-order valence-electron chi connectivity index (χ3n) is 6.14. The van der Waals surface area contributed by atoms with Gasteiger partial charge >= 0.3 is 0 Å². The van der Waals surface area contributed by atoms with E-state index in [-0.39, 0.29) is 43.8 Å². The first-order valence-electron chi connectivity index (χ1n) is 13.0. The van der Waals surface area contributed by atoms with Gasteiger partial charge in [0, 0.05) is 37.0 Å². The number of benzene rings is 3. The molecule has 0 saturated heterocycles. The van der Waals surface area contributed by atoms with Crippen molar-refractivity contribution in [2.45, 2.75) is 51.7 Å². The van der Waals surface area contributed by atoms with Crippen LogP contribution < -0.4 is 9.62 Å². The number of carbonyl (C=O) groups is 2. The number of hydrogen-bond acceptors (Lipinski definition) is 4. The molecule has 2 amide bonds. The van der Waals surface area contributed by atoms with Crippen LogP contribution in [0.25, 0.3) is 0 Å². The third kappa shape index (κ3) is 9.41. The molecule has 0 saturated carbocycles. The van der Waals surface area contributed by atoms with E-state index in [9.17, 15) is 18.0 Å². The molecule has 9 heteroatoms. The van der Waals surface area contributed by atoms with E-state index in [0.717, 1.165) is 17.4 Å². The summed E-state index contributed by atoms with van der Waals surface area (Å²) in [5.74, 6) is -0.484. The Balaban J connectivity index is 1.87. The summed E-state index contributed by atoms with van der Waals surface area (Å²) in [5, 5.41) is 3.50. The highest BCUT2D eigenvalue weighted by Crippen LogP contribution is 2.21. The van der Waals surface area contributed by atoms with Crippen molar-refractivity contribution >= 4 is 39.1 Å². The summed E-state index contributed by atoms with van der Waals surface area (Å²) in [5.41, 5.74) is 2.27. The van der Waals surface area contributed by atoms with Crippen LogP contribution in [0.2, 0.25) is 5.02 Å². The Kier molecular flexibility index (Phi) is 10.9. The molecule has 3 aromatic rings. The van der Waals surface area contributed by atoms with Gasteiger partial charge in [-0.1, -0.05) is 72.3 Å². The summed E-state index contributed by atoms with van der Waals surface area (Å²) < 4.78 is 26.3. The Labute approximate surface area is 236 Å². The number of anilines is 1. The van der Waals surface area contributed by atoms with Crippen LogP contribution in [0, 0.1) is 0 Å². The van der Waals surface area contributed by atoms with Gasteiger partial charge in [-0.05, 0) is 55.7 Å². The molecular weight excluding hydrogens is 534 g/mol. The molecule has 1 atom stereocenters. The molecule has 0 aliphatic heterocycles. The average Bonchev–Trinajstić information content (AvgIpc) is 2.88. The van der Waals surface area contributed by atoms with Crippen LogP contribution in [0.3, 0.4) is 0 Å². The Hall–Kier alpha value is -3.36. The molecule has 39 heavy (non-hydrogen) atoms. The molecule has 0 radical (unpaired) electrons. The van der Waals surface area contributed by atoms with E-state index in [1.54, 1.807) is 41.3 Å². The lowest BCUT2D eigenvalue weighted by Crippen LogP contribution is -2.51. The average molecular weight is 570 g/mol. The van der Waals surface area contributed by atoms with Crippen molar-refractivity contribution in [2.24, 2.45) is 0 Å². The van der Waals surface area contributed by atoms with Crippen LogP contribution >= 0.6 is 11.6 Å². The first-order valence-corrected chi connectivity index (χ1v) is 15.2. The zero-order valence-corrected chi connectivity index (χ0v) is 24.2. The van der Waals surface area contributed by atoms with Crippen LogP contribution in [0.4, 0.5) is 5.69 Å². The minimum Gasteiger partial charge on any atom is -0.352 e. The second-order valence-corrected chi connectivity index (χ2v) is 12.1. The van der Waals surface area contributed by atoms with E-state index >= 15 is 0 Å². The zero-order chi connectivity index (χ0) is 28.4. The van der Waals surface area contributed by atoms with E-state index in [1.807, 2.05) is 62.4 Å². The van der Waals surface area contributed by atoms with Crippen molar-refractivity contribution in [2.75, 3.05) is 17.1 Å². The smallest absolute Gasteiger partial charge is 0.243 e. The number of hydrogen-bond donors (Lipinski definition) is 1. The third-order valence-corrected chi connectivity index (χ3v) is 7.57. The molecule has 0 bridgehead atoms. The van der Waals surface area contributed by atoms with E-state index in [2.05, 4.69) is 5.32 Å². The molecule has 0 aliphatic carbocycles. The van der Waals surface area contributed by atoms with Crippen LogP contribution in [-0.4, -0.2) is 50.0 Å². The maximum atomic E-state index is 13.8. The summed E-state index contributed by atoms with van der Waals surface area (Å²) in [4.78, 5) is 28.8. The Bertz CT molecular complexity index is 1330. The number of nitrogens with one attached hydrogen (secondary N) is 1. The summed E-state index contributed by atoms with van der Waals surface area (Å²) in [7, 11) is -3.54. The summed E-state index contributed by atoms with van der Waals surface area (Å²) >= 11 is 6.22. The van der Waals surface area contributed by atoms with Gasteiger partial charge in [-0.25, -0.2) is 8.42 Å². The number of nitrogens with zero attached hydrogens (tertiary/aromatic N) is 2. The zero-order valence-electron chi connectivity index (χ0n) is 22.6. The van der Waals surface area contributed by atoms with E-state index in [0.29, 0.717) is 17.1 Å². The van der Waals surface area contributed by atoms with Gasteiger partial charge in [0.1, 0.15) is 6.04 Å². The maximum Gasteiger partial charge on any atom is 0.243 e. The second-order valence-electron chi connectivity index (χ2n) is 9.79. The van der Waals surface area contributed by atoms with Crippen LogP contribution in [0.1, 0.15) is 37.8 Å². The van der Waals surface area contributed by atoms with Gasteiger partial charge in [0.2, 0.25) is 21.8 Å². The maximum absolute atomic E-state index is 13.8. The number of carbonyl (C=O) groups excluding carboxylic acids is 2. The standard InChI is InChI=1S/C30H36ClN3O4S/c1-23(2)32-30(36)28(21-24-12-6-4-7-13-24)33(22-25-14-10-15-26(31)20-25)29(35)18-11-19-34(39(3,37)38)27-16-8-5-9-17-27/h4-10,12-17,20,23,28H,11,18-19,21-22H2,1-3H3,(H,32,36)/t28-/m0/s1. The van der Waals surface area contributed by atoms with Crippen molar-refractivity contribution in [3.05, 3.63) is 101 Å². The molecule has 208 valence electrons. The number of para-hydroxylation sites is 1. The van der Waals surface area contributed by atoms with Gasteiger partial charge < -0.3 is 10.2 Å². The molecule has 0 spiro atoms. The molecule has 3 rings (SSSR count). The van der Waals surface area contributed by atoms with Gasteiger partial charge in [0.15, 0.2) is 0 Å². The van der Waals surface area contributed by atoms with Gasteiger partial charge in [-0.15, -0.1) is 0 Å². The lowest BCUT2D eigenvalue weighted by molar-refractivity contribution is -0.141. The van der Waals surface area contributed by atoms with Crippen LogP contribution in [0.5, 0.6) is 0 Å². The molecule has 1 N–H and O–H groups in total. The Morgan fingerprint density at radius 3 is 2.10 bits per heavy atom. The highest BCUT2D eigenvalue weighted by atomic mass is 35.5. The van der Waals surface area contributed by atoms with Crippen molar-refractivity contribution in [3.8, 4) is 0 Å². The van der Waals surface area contributed by atoms with Gasteiger partial charge in [0.25, 0.3) is 0 Å². The quantitative estimate of drug-likeness (QED) is 0.312. The molecule has 7 nitrogen and oxygen atoms in total. The van der Waals surface area contributed by atoms with E-state index in [1.165, 1.54) is 4.31 Å². The Morgan fingerprint density at radius 2 is 1.51 bits per heavy atom. The normalized spacial score (nSPS) is 12.1. The number of amides is 2. The summed E-state index contributed by atoms with van der Waals surface area (Å²) in [6, 6.07) is 24.7. The molecule has 3 aromatic carbocycles. The van der Waals surface area contributed by atoms with E-state index in [4.69, 9.17) is 11.6 Å². The molecule has 0 fully saturated rings. The highest BCUT2D eigenvalue weighted by Gasteiger charge is 2.31. The largest absolute Gasteiger partial charge is 0.352 e. The van der Waals surface area contributed by atoms with Crippen molar-refractivity contribution < 1.29 is 18.0 Å². The first-order chi connectivity index (χ1) is 18.5. The van der Waals surface area contributed by atoms with Gasteiger partial charge in [-0.2, -0.15) is 0 Å². The number of halogens is 1. The fourth-order valence-corrected chi connectivity index (χ4v) is 5.54. The van der Waals surface area contributed by atoms with Crippen LogP contribution in [-0.2, 0) is 32.6 Å². The second kappa shape index (κ2) is 14.1. The number of sulfonamides is 1. The minimum absolute atomic E-state index is 0.0691. The van der Waals surface area contributed by atoms with Gasteiger partial charge in [-0.3, -0.25) is 13.9 Å². The summed E-state index contributed by atoms with van der Waals surface area (Å²) in [6.07, 6.45) is 1.85. The van der Waals surface area contributed by atoms with Crippen molar-refractivity contribution in [3.63, 3.8) is 0 Å². The van der Waals surface area contributed by atoms with E-state index < -0.39 is 16.1 Å². The predicted octanol–water partition coefficient (Wildman–Crippen LogP) is 5.05. The van der Waals surface area contributed by atoms with Crippen LogP contribution in [0.15, 0.2) is 84.9 Å². The number of rotatable bonds is 13. The Morgan fingerprint density at radius 1 is 0.897 bits per heavy atom. The van der Waals surface area contributed by atoms with Gasteiger partial charge in [0.05, 0.1) is 11.9 Å². The van der Waals surface area contributed by atoms with Crippen molar-refractivity contribution in [1.29, 1.82) is 0 Å². The lowest BCUT2D eigenvalue weighted by Gasteiger charge is -2.32. The van der Waals surface area contributed by atoms with Crippen molar-refractivity contribution in [1.82, 2.24) is 10.2 Å². The lowest BCUT2D eigenvalue weighted by atomic mass is 10.0. The molecule has 0 unspecified atom stereocenters. The monoisotopic (exact) mass is 569 g/mol. The SMILES string of the molecule is CC(C)NC(=O)[C@H](Cc1ccccc1)N(Cc1cccc(Cl)c1)C(=O)CCCN(c1ccccc1)S(C)(=O)=O.